The van der Waals surface area contributed by atoms with Crippen LogP contribution in [0.3, 0.4) is 0 Å². The minimum absolute atomic E-state index is 0.00327. The van der Waals surface area contributed by atoms with E-state index < -0.39 is 0 Å². The molecule has 33 heavy (non-hydrogen) atoms. The zero-order valence-electron chi connectivity index (χ0n) is 19.5. The molecule has 5 rings (SSSR count). The van der Waals surface area contributed by atoms with Gasteiger partial charge in [0.25, 0.3) is 0 Å². The molecule has 1 fully saturated rings. The molecule has 1 saturated heterocycles. The van der Waals surface area contributed by atoms with Crippen LogP contribution in [-0.2, 0) is 4.74 Å². The van der Waals surface area contributed by atoms with E-state index in [1.807, 2.05) is 38.1 Å². The predicted molar refractivity (Wildman–Crippen MR) is 133 cm³/mol. The SMILES string of the molecule is C/C=C/c1ccc(OCC)c(OCC2CN(C3c4ccccc4-c4ccccc43)C(C)O2)c1. The maximum absolute atomic E-state index is 6.36. The smallest absolute Gasteiger partial charge is 0.161 e. The van der Waals surface area contributed by atoms with E-state index in [1.165, 1.54) is 22.3 Å². The van der Waals surface area contributed by atoms with Gasteiger partial charge in [-0.1, -0.05) is 66.7 Å². The van der Waals surface area contributed by atoms with Crippen LogP contribution < -0.4 is 9.47 Å². The zero-order valence-corrected chi connectivity index (χ0v) is 19.5. The van der Waals surface area contributed by atoms with E-state index in [-0.39, 0.29) is 18.4 Å². The summed E-state index contributed by atoms with van der Waals surface area (Å²) in [5, 5.41) is 0. The van der Waals surface area contributed by atoms with Gasteiger partial charge in [-0.3, -0.25) is 4.90 Å². The van der Waals surface area contributed by atoms with Crippen LogP contribution in [0.15, 0.2) is 72.8 Å². The number of benzene rings is 3. The molecule has 2 unspecified atom stereocenters. The summed E-state index contributed by atoms with van der Waals surface area (Å²) in [5.74, 6) is 1.53. The van der Waals surface area contributed by atoms with Crippen LogP contribution in [0.25, 0.3) is 17.2 Å². The van der Waals surface area contributed by atoms with Crippen molar-refractivity contribution in [1.82, 2.24) is 4.90 Å². The third kappa shape index (κ3) is 4.17. The van der Waals surface area contributed by atoms with Crippen molar-refractivity contribution < 1.29 is 14.2 Å². The van der Waals surface area contributed by atoms with Gasteiger partial charge in [-0.25, -0.2) is 0 Å². The summed E-state index contributed by atoms with van der Waals surface area (Å²) in [6.45, 7) is 8.04. The standard InChI is InChI=1S/C29H31NO3/c1-4-10-21-15-16-27(31-5-2)28(17-21)32-19-22-18-30(20(3)33-22)29-25-13-8-6-11-23(25)24-12-7-9-14-26(24)29/h4,6-17,20,22,29H,5,18-19H2,1-3H3/b10-4+. The second-order valence-corrected chi connectivity index (χ2v) is 8.58. The normalized spacial score (nSPS) is 20.2. The summed E-state index contributed by atoms with van der Waals surface area (Å²) in [7, 11) is 0. The van der Waals surface area contributed by atoms with Crippen molar-refractivity contribution in [2.75, 3.05) is 19.8 Å². The van der Waals surface area contributed by atoms with Gasteiger partial charge in [-0.05, 0) is 60.7 Å². The molecule has 0 saturated carbocycles. The highest BCUT2D eigenvalue weighted by Gasteiger charge is 2.40. The molecular weight excluding hydrogens is 410 g/mol. The van der Waals surface area contributed by atoms with E-state index in [4.69, 9.17) is 14.2 Å². The molecule has 3 aromatic rings. The minimum atomic E-state index is -0.0141. The van der Waals surface area contributed by atoms with E-state index in [9.17, 15) is 0 Å². The van der Waals surface area contributed by atoms with Gasteiger partial charge in [0, 0.05) is 6.54 Å². The first kappa shape index (κ1) is 21.7. The lowest BCUT2D eigenvalue weighted by Gasteiger charge is -2.28. The van der Waals surface area contributed by atoms with Crippen molar-refractivity contribution in [1.29, 1.82) is 0 Å². The van der Waals surface area contributed by atoms with Gasteiger partial charge in [0.15, 0.2) is 11.5 Å². The predicted octanol–water partition coefficient (Wildman–Crippen LogP) is 6.31. The summed E-state index contributed by atoms with van der Waals surface area (Å²) in [5.41, 5.74) is 6.46. The highest BCUT2D eigenvalue weighted by Crippen LogP contribution is 2.47. The van der Waals surface area contributed by atoms with Crippen LogP contribution in [0.4, 0.5) is 0 Å². The van der Waals surface area contributed by atoms with Gasteiger partial charge in [-0.15, -0.1) is 0 Å². The molecule has 4 nitrogen and oxygen atoms in total. The average Bonchev–Trinajstić information content (AvgIpc) is 3.36. The Hall–Kier alpha value is -3.08. The van der Waals surface area contributed by atoms with Crippen molar-refractivity contribution in [3.05, 3.63) is 89.5 Å². The van der Waals surface area contributed by atoms with Crippen LogP contribution in [0.5, 0.6) is 11.5 Å². The Bertz CT molecular complexity index is 1110. The van der Waals surface area contributed by atoms with Gasteiger partial charge in [0.2, 0.25) is 0 Å². The van der Waals surface area contributed by atoms with Crippen LogP contribution in [0.2, 0.25) is 0 Å². The average molecular weight is 442 g/mol. The lowest BCUT2D eigenvalue weighted by molar-refractivity contribution is -0.00919. The summed E-state index contributed by atoms with van der Waals surface area (Å²) in [4.78, 5) is 2.46. The fourth-order valence-electron chi connectivity index (χ4n) is 5.07. The number of fused-ring (bicyclic) bond motifs is 3. The highest BCUT2D eigenvalue weighted by molar-refractivity contribution is 5.78. The number of allylic oxidation sites excluding steroid dienone is 1. The van der Waals surface area contributed by atoms with Crippen LogP contribution in [0.1, 0.15) is 43.5 Å². The van der Waals surface area contributed by atoms with Crippen LogP contribution in [0, 0.1) is 0 Å². The molecule has 170 valence electrons. The topological polar surface area (TPSA) is 30.9 Å². The van der Waals surface area contributed by atoms with Gasteiger partial charge < -0.3 is 14.2 Å². The largest absolute Gasteiger partial charge is 0.490 e. The Morgan fingerprint density at radius 3 is 2.30 bits per heavy atom. The molecule has 1 aliphatic heterocycles. The Labute approximate surface area is 196 Å². The third-order valence-electron chi connectivity index (χ3n) is 6.45. The van der Waals surface area contributed by atoms with Gasteiger partial charge in [0.05, 0.1) is 12.6 Å². The second-order valence-electron chi connectivity index (χ2n) is 8.58. The molecule has 0 spiro atoms. The van der Waals surface area contributed by atoms with Gasteiger partial charge in [-0.2, -0.15) is 0 Å². The third-order valence-corrected chi connectivity index (χ3v) is 6.45. The molecule has 0 aromatic heterocycles. The molecule has 2 aliphatic rings. The monoisotopic (exact) mass is 441 g/mol. The molecule has 0 amide bonds. The Morgan fingerprint density at radius 2 is 1.64 bits per heavy atom. The molecule has 0 bridgehead atoms. The molecule has 2 atom stereocenters. The Kier molecular flexibility index (Phi) is 6.21. The number of rotatable bonds is 7. The number of hydrogen-bond acceptors (Lipinski definition) is 4. The Balaban J connectivity index is 1.34. The molecule has 0 N–H and O–H groups in total. The summed E-state index contributed by atoms with van der Waals surface area (Å²) in [6.07, 6.45) is 4.08. The first-order valence-electron chi connectivity index (χ1n) is 11.8. The van der Waals surface area contributed by atoms with E-state index in [1.54, 1.807) is 0 Å². The molecule has 1 aliphatic carbocycles. The molecular formula is C29H31NO3. The fraction of sp³-hybridized carbons (Fsp3) is 0.310. The summed E-state index contributed by atoms with van der Waals surface area (Å²) in [6, 6.07) is 23.7. The van der Waals surface area contributed by atoms with E-state index in [2.05, 4.69) is 66.4 Å². The maximum atomic E-state index is 6.36. The van der Waals surface area contributed by atoms with E-state index in [0.717, 1.165) is 23.6 Å². The van der Waals surface area contributed by atoms with Crippen molar-refractivity contribution in [3.8, 4) is 22.6 Å². The number of ether oxygens (including phenoxy) is 3. The van der Waals surface area contributed by atoms with E-state index in [0.29, 0.717) is 13.2 Å². The summed E-state index contributed by atoms with van der Waals surface area (Å²) >= 11 is 0. The fourth-order valence-corrected chi connectivity index (χ4v) is 5.07. The first-order valence-corrected chi connectivity index (χ1v) is 11.8. The highest BCUT2D eigenvalue weighted by atomic mass is 16.6. The van der Waals surface area contributed by atoms with Crippen molar-refractivity contribution in [2.24, 2.45) is 0 Å². The minimum Gasteiger partial charge on any atom is -0.490 e. The summed E-state index contributed by atoms with van der Waals surface area (Å²) < 4.78 is 18.4. The van der Waals surface area contributed by atoms with Crippen molar-refractivity contribution in [3.63, 3.8) is 0 Å². The lowest BCUT2D eigenvalue weighted by atomic mass is 10.0. The maximum Gasteiger partial charge on any atom is 0.161 e. The molecule has 1 heterocycles. The first-order chi connectivity index (χ1) is 16.2. The van der Waals surface area contributed by atoms with Gasteiger partial charge in [0.1, 0.15) is 18.9 Å². The van der Waals surface area contributed by atoms with Gasteiger partial charge >= 0.3 is 0 Å². The Morgan fingerprint density at radius 1 is 0.939 bits per heavy atom. The number of hydrogen-bond donors (Lipinski definition) is 0. The van der Waals surface area contributed by atoms with Crippen LogP contribution >= 0.6 is 0 Å². The molecule has 3 aromatic carbocycles. The second kappa shape index (κ2) is 9.42. The molecule has 0 radical (unpaired) electrons. The lowest BCUT2D eigenvalue weighted by Crippen LogP contribution is -2.32. The van der Waals surface area contributed by atoms with Crippen LogP contribution in [-0.4, -0.2) is 37.0 Å². The van der Waals surface area contributed by atoms with E-state index >= 15 is 0 Å². The number of nitrogens with zero attached hydrogens (tertiary/aromatic N) is 1. The quantitative estimate of drug-likeness (QED) is 0.430. The van der Waals surface area contributed by atoms with Crippen molar-refractivity contribution in [2.45, 2.75) is 39.1 Å². The zero-order chi connectivity index (χ0) is 22.8. The molecule has 4 heteroatoms. The van der Waals surface area contributed by atoms with Crippen molar-refractivity contribution >= 4 is 6.08 Å².